The highest BCUT2D eigenvalue weighted by Gasteiger charge is 2.18. The van der Waals surface area contributed by atoms with Gasteiger partial charge in [0.1, 0.15) is 8.07 Å². The van der Waals surface area contributed by atoms with Gasteiger partial charge in [-0.15, -0.1) is 0 Å². The Balaban J connectivity index is 2.40. The van der Waals surface area contributed by atoms with Gasteiger partial charge in [0.2, 0.25) is 0 Å². The second kappa shape index (κ2) is 7.03. The highest BCUT2D eigenvalue weighted by Crippen LogP contribution is 2.06. The molecular weight excluding hydrogens is 276 g/mol. The lowest BCUT2D eigenvalue weighted by molar-refractivity contribution is 0.317. The molecule has 106 valence electrons. The zero-order valence-electron chi connectivity index (χ0n) is 11.8. The van der Waals surface area contributed by atoms with Gasteiger partial charge < -0.3 is 0 Å². The third kappa shape index (κ3) is 6.70. The third-order valence-corrected chi connectivity index (χ3v) is 6.35. The lowest BCUT2D eigenvalue weighted by atomic mass is 10.3. The van der Waals surface area contributed by atoms with Gasteiger partial charge >= 0.3 is 0 Å². The standard InChI is InChI=1S/C14H22O3SSi/c1-18(15,16)17-12-8-5-9-13-19(2,3)14-10-6-4-7-11-14/h4,6-7,9-11,13H,5,8,12H2,1-3H3/b13-9-. The van der Waals surface area contributed by atoms with Crippen molar-refractivity contribution < 1.29 is 12.6 Å². The van der Waals surface area contributed by atoms with Crippen LogP contribution in [0.3, 0.4) is 0 Å². The molecule has 0 saturated heterocycles. The number of unbranched alkanes of at least 4 members (excludes halogenated alkanes) is 1. The molecule has 1 aromatic carbocycles. The van der Waals surface area contributed by atoms with Crippen molar-refractivity contribution in [3.05, 3.63) is 42.1 Å². The molecule has 19 heavy (non-hydrogen) atoms. The molecule has 0 radical (unpaired) electrons. The highest BCUT2D eigenvalue weighted by atomic mass is 32.2. The Kier molecular flexibility index (Phi) is 5.97. The molecule has 0 fully saturated rings. The topological polar surface area (TPSA) is 43.4 Å². The van der Waals surface area contributed by atoms with Gasteiger partial charge in [0.15, 0.2) is 0 Å². The van der Waals surface area contributed by atoms with Crippen molar-refractivity contribution in [1.82, 2.24) is 0 Å². The monoisotopic (exact) mass is 298 g/mol. The molecular formula is C14H22O3SSi. The fraction of sp³-hybridized carbons (Fsp3) is 0.429. The molecule has 0 heterocycles. The molecule has 0 saturated carbocycles. The first-order valence-electron chi connectivity index (χ1n) is 6.39. The third-order valence-electron chi connectivity index (χ3n) is 2.86. The van der Waals surface area contributed by atoms with Crippen LogP contribution in [0.4, 0.5) is 0 Å². The molecule has 1 rings (SSSR count). The second-order valence-electron chi connectivity index (χ2n) is 5.16. The van der Waals surface area contributed by atoms with Crippen LogP contribution in [0.1, 0.15) is 12.8 Å². The van der Waals surface area contributed by atoms with Gasteiger partial charge in [-0.05, 0) is 12.8 Å². The summed E-state index contributed by atoms with van der Waals surface area (Å²) < 4.78 is 26.2. The molecule has 0 aliphatic rings. The summed E-state index contributed by atoms with van der Waals surface area (Å²) in [6.45, 7) is 4.86. The molecule has 0 atom stereocenters. The number of hydrogen-bond donors (Lipinski definition) is 0. The van der Waals surface area contributed by atoms with E-state index in [1.54, 1.807) is 0 Å². The van der Waals surface area contributed by atoms with Gasteiger partial charge in [0.05, 0.1) is 12.9 Å². The van der Waals surface area contributed by atoms with E-state index >= 15 is 0 Å². The van der Waals surface area contributed by atoms with Crippen LogP contribution in [-0.2, 0) is 14.3 Å². The molecule has 0 aromatic heterocycles. The molecule has 3 nitrogen and oxygen atoms in total. The Labute approximate surface area is 117 Å². The minimum absolute atomic E-state index is 0.260. The summed E-state index contributed by atoms with van der Waals surface area (Å²) in [6, 6.07) is 10.5. The summed E-state index contributed by atoms with van der Waals surface area (Å²) in [7, 11) is -4.81. The largest absolute Gasteiger partial charge is 0.270 e. The summed E-state index contributed by atoms with van der Waals surface area (Å²) >= 11 is 0. The summed E-state index contributed by atoms with van der Waals surface area (Å²) in [5.74, 6) is 0. The average molecular weight is 298 g/mol. The van der Waals surface area contributed by atoms with Crippen molar-refractivity contribution in [2.24, 2.45) is 0 Å². The van der Waals surface area contributed by atoms with E-state index in [9.17, 15) is 8.42 Å². The van der Waals surface area contributed by atoms with Crippen LogP contribution in [0, 0.1) is 0 Å². The zero-order chi connectivity index (χ0) is 14.4. The molecule has 1 aromatic rings. The number of rotatable bonds is 7. The maximum atomic E-state index is 10.8. The molecule has 0 amide bonds. The van der Waals surface area contributed by atoms with Crippen molar-refractivity contribution in [3.8, 4) is 0 Å². The molecule has 0 spiro atoms. The summed E-state index contributed by atoms with van der Waals surface area (Å²) in [5.41, 5.74) is 2.29. The number of benzene rings is 1. The van der Waals surface area contributed by atoms with Crippen molar-refractivity contribution in [2.45, 2.75) is 25.9 Å². The van der Waals surface area contributed by atoms with Gasteiger partial charge in [-0.25, -0.2) is 0 Å². The van der Waals surface area contributed by atoms with Crippen LogP contribution in [0.25, 0.3) is 0 Å². The van der Waals surface area contributed by atoms with E-state index in [-0.39, 0.29) is 6.61 Å². The SMILES string of the molecule is C[Si](C)(/C=C\CCCOS(C)(=O)=O)c1ccccc1. The first-order valence-corrected chi connectivity index (χ1v) is 11.3. The first kappa shape index (κ1) is 16.1. The summed E-state index contributed by atoms with van der Waals surface area (Å²) in [4.78, 5) is 0. The maximum absolute atomic E-state index is 10.8. The zero-order valence-corrected chi connectivity index (χ0v) is 13.6. The van der Waals surface area contributed by atoms with E-state index < -0.39 is 18.2 Å². The first-order chi connectivity index (χ1) is 8.81. The van der Waals surface area contributed by atoms with Gasteiger partial charge in [-0.1, -0.05) is 60.4 Å². The molecule has 0 unspecified atom stereocenters. The molecule has 0 aliphatic carbocycles. The normalized spacial score (nSPS) is 13.0. The summed E-state index contributed by atoms with van der Waals surface area (Å²) in [5, 5.41) is 1.40. The van der Waals surface area contributed by atoms with Crippen LogP contribution >= 0.6 is 0 Å². The van der Waals surface area contributed by atoms with E-state index in [1.807, 2.05) is 6.07 Å². The Morgan fingerprint density at radius 2 is 1.84 bits per heavy atom. The Bertz CT molecular complexity index is 507. The lowest BCUT2D eigenvalue weighted by Crippen LogP contribution is -2.39. The quantitative estimate of drug-likeness (QED) is 0.441. The van der Waals surface area contributed by atoms with Crippen molar-refractivity contribution in [1.29, 1.82) is 0 Å². The van der Waals surface area contributed by atoms with Crippen LogP contribution in [0.5, 0.6) is 0 Å². The van der Waals surface area contributed by atoms with E-state index in [2.05, 4.69) is 49.1 Å². The lowest BCUT2D eigenvalue weighted by Gasteiger charge is -2.18. The predicted octanol–water partition coefficient (Wildman–Crippen LogP) is 2.45. The Morgan fingerprint density at radius 1 is 1.21 bits per heavy atom. The number of hydrogen-bond acceptors (Lipinski definition) is 3. The van der Waals surface area contributed by atoms with Crippen LogP contribution < -0.4 is 5.19 Å². The van der Waals surface area contributed by atoms with Crippen LogP contribution in [0.15, 0.2) is 42.1 Å². The second-order valence-corrected chi connectivity index (χ2v) is 11.2. The fourth-order valence-corrected chi connectivity index (χ4v) is 4.17. The smallest absolute Gasteiger partial charge is 0.264 e. The van der Waals surface area contributed by atoms with Gasteiger partial charge in [-0.2, -0.15) is 8.42 Å². The van der Waals surface area contributed by atoms with Crippen molar-refractivity contribution >= 4 is 23.4 Å². The molecule has 5 heteroatoms. The van der Waals surface area contributed by atoms with Gasteiger partial charge in [-0.3, -0.25) is 4.18 Å². The average Bonchev–Trinajstić information content (AvgIpc) is 2.33. The molecule has 0 aliphatic heterocycles. The minimum atomic E-state index is -3.30. The van der Waals surface area contributed by atoms with Crippen LogP contribution in [-0.4, -0.2) is 29.4 Å². The maximum Gasteiger partial charge on any atom is 0.264 e. The summed E-state index contributed by atoms with van der Waals surface area (Å²) in [6.07, 6.45) is 4.79. The van der Waals surface area contributed by atoms with Crippen molar-refractivity contribution in [3.63, 3.8) is 0 Å². The molecule has 0 N–H and O–H groups in total. The van der Waals surface area contributed by atoms with Gasteiger partial charge in [0, 0.05) is 0 Å². The van der Waals surface area contributed by atoms with E-state index in [0.717, 1.165) is 19.1 Å². The number of allylic oxidation sites excluding steroid dienone is 1. The molecule has 0 bridgehead atoms. The van der Waals surface area contributed by atoms with E-state index in [4.69, 9.17) is 4.18 Å². The van der Waals surface area contributed by atoms with Gasteiger partial charge in [0.25, 0.3) is 10.1 Å². The van der Waals surface area contributed by atoms with E-state index in [0.29, 0.717) is 0 Å². The minimum Gasteiger partial charge on any atom is -0.270 e. The highest BCUT2D eigenvalue weighted by molar-refractivity contribution is 7.85. The van der Waals surface area contributed by atoms with Crippen LogP contribution in [0.2, 0.25) is 13.1 Å². The van der Waals surface area contributed by atoms with Crippen molar-refractivity contribution in [2.75, 3.05) is 12.9 Å². The Hall–Kier alpha value is -0.913. The predicted molar refractivity (Wildman–Crippen MR) is 82.7 cm³/mol. The fourth-order valence-electron chi connectivity index (χ4n) is 1.75. The van der Waals surface area contributed by atoms with E-state index in [1.165, 1.54) is 5.19 Å². The Morgan fingerprint density at radius 3 is 2.42 bits per heavy atom.